The molecule has 0 saturated carbocycles. The molecule has 0 atom stereocenters. The first-order chi connectivity index (χ1) is 20.0. The summed E-state index contributed by atoms with van der Waals surface area (Å²) in [6.45, 7) is 29.9. The van der Waals surface area contributed by atoms with Crippen LogP contribution in [0.2, 0.25) is 5.28 Å². The number of anilines is 2. The van der Waals surface area contributed by atoms with Crippen LogP contribution in [0.1, 0.15) is 134 Å². The van der Waals surface area contributed by atoms with Crippen molar-refractivity contribution >= 4 is 23.5 Å². The average molecular weight is 624 g/mol. The van der Waals surface area contributed by atoms with Crippen LogP contribution in [0.15, 0.2) is 0 Å². The molecular weight excluding hydrogens is 562 g/mol. The molecule has 0 spiro atoms. The highest BCUT2D eigenvalue weighted by Gasteiger charge is 2.50. The number of hydrogen-bond donors (Lipinski definition) is 0. The van der Waals surface area contributed by atoms with E-state index >= 15 is 0 Å². The Morgan fingerprint density at radius 1 is 0.628 bits per heavy atom. The zero-order valence-electron chi connectivity index (χ0n) is 29.5. The van der Waals surface area contributed by atoms with Gasteiger partial charge in [0.25, 0.3) is 0 Å². The number of halogens is 1. The first-order valence-electron chi connectivity index (χ1n) is 16.8. The van der Waals surface area contributed by atoms with Crippen molar-refractivity contribution < 1.29 is 9.68 Å². The summed E-state index contributed by atoms with van der Waals surface area (Å²) in [4.78, 5) is 32.0. The standard InChI is InChI=1S/C33H62ClN7O2/c1-13-17-19-38(25-21-30(5,6)40(42-15-3)31(7,8)22-25)28-35-27(34)36-29(37-28)39(20-18-14-2)26-23-32(9,10)41(43-16-4)33(11,12)24-26/h25-26H,13-24H2,1-12H3. The zero-order valence-corrected chi connectivity index (χ0v) is 30.2. The van der Waals surface area contributed by atoms with Crippen molar-refractivity contribution in [2.75, 3.05) is 36.1 Å². The lowest BCUT2D eigenvalue weighted by Crippen LogP contribution is -2.64. The number of hydroxylamine groups is 4. The number of aromatic nitrogens is 3. The molecule has 10 heteroatoms. The predicted molar refractivity (Wildman–Crippen MR) is 179 cm³/mol. The summed E-state index contributed by atoms with van der Waals surface area (Å²) in [5, 5.41) is 4.69. The predicted octanol–water partition coefficient (Wildman–Crippen LogP) is 7.68. The van der Waals surface area contributed by atoms with E-state index in [2.05, 4.69) is 103 Å². The molecule has 0 N–H and O–H groups in total. The van der Waals surface area contributed by atoms with E-state index in [9.17, 15) is 0 Å². The fourth-order valence-electron chi connectivity index (χ4n) is 7.95. The molecular formula is C33H62ClN7O2. The van der Waals surface area contributed by atoms with Gasteiger partial charge in [-0.2, -0.15) is 25.1 Å². The van der Waals surface area contributed by atoms with Crippen LogP contribution in [-0.2, 0) is 9.68 Å². The lowest BCUT2D eigenvalue weighted by Gasteiger charge is -2.56. The minimum Gasteiger partial charge on any atom is -0.338 e. The number of hydrogen-bond acceptors (Lipinski definition) is 9. The Morgan fingerprint density at radius 2 is 0.953 bits per heavy atom. The quantitative estimate of drug-likeness (QED) is 0.207. The molecule has 0 amide bonds. The molecule has 248 valence electrons. The highest BCUT2D eigenvalue weighted by Crippen LogP contribution is 2.43. The van der Waals surface area contributed by atoms with Gasteiger partial charge in [0.1, 0.15) is 0 Å². The molecule has 0 radical (unpaired) electrons. The van der Waals surface area contributed by atoms with E-state index in [1.807, 2.05) is 0 Å². The van der Waals surface area contributed by atoms with Crippen LogP contribution in [0.4, 0.5) is 11.9 Å². The van der Waals surface area contributed by atoms with Crippen molar-refractivity contribution in [2.45, 2.75) is 169 Å². The molecule has 0 aromatic carbocycles. The van der Waals surface area contributed by atoms with Crippen molar-refractivity contribution in [3.63, 3.8) is 0 Å². The minimum atomic E-state index is -0.147. The molecule has 0 bridgehead atoms. The molecule has 3 rings (SSSR count). The van der Waals surface area contributed by atoms with Crippen molar-refractivity contribution in [3.05, 3.63) is 5.28 Å². The zero-order chi connectivity index (χ0) is 32.2. The molecule has 2 fully saturated rings. The van der Waals surface area contributed by atoms with Gasteiger partial charge in [-0.15, -0.1) is 0 Å². The number of unbranched alkanes of at least 4 members (excludes halogenated alkanes) is 2. The molecule has 3 heterocycles. The van der Waals surface area contributed by atoms with Gasteiger partial charge in [0.05, 0.1) is 13.2 Å². The van der Waals surface area contributed by atoms with Crippen LogP contribution in [0.3, 0.4) is 0 Å². The van der Waals surface area contributed by atoms with Crippen molar-refractivity contribution in [3.8, 4) is 0 Å². The van der Waals surface area contributed by atoms with Crippen LogP contribution in [0, 0.1) is 0 Å². The van der Waals surface area contributed by atoms with Crippen molar-refractivity contribution in [1.82, 2.24) is 25.1 Å². The summed E-state index contributed by atoms with van der Waals surface area (Å²) in [5.41, 5.74) is -0.590. The van der Waals surface area contributed by atoms with Gasteiger partial charge in [0.15, 0.2) is 0 Å². The van der Waals surface area contributed by atoms with Crippen LogP contribution in [0.25, 0.3) is 0 Å². The van der Waals surface area contributed by atoms with Crippen LogP contribution in [-0.4, -0.2) is 85.6 Å². The largest absolute Gasteiger partial charge is 0.338 e. The molecule has 43 heavy (non-hydrogen) atoms. The van der Waals surface area contributed by atoms with Gasteiger partial charge in [-0.1, -0.05) is 26.7 Å². The fraction of sp³-hybridized carbons (Fsp3) is 0.909. The Bertz CT molecular complexity index is 922. The highest BCUT2D eigenvalue weighted by atomic mass is 35.5. The smallest absolute Gasteiger partial charge is 0.231 e. The van der Waals surface area contributed by atoms with E-state index in [4.69, 9.17) is 36.2 Å². The topological polar surface area (TPSA) is 70.1 Å². The normalized spacial score (nSPS) is 22.5. The van der Waals surface area contributed by atoms with Crippen LogP contribution < -0.4 is 9.80 Å². The van der Waals surface area contributed by atoms with E-state index in [1.165, 1.54) is 0 Å². The Hall–Kier alpha value is -1.26. The van der Waals surface area contributed by atoms with Gasteiger partial charge < -0.3 is 9.80 Å². The lowest BCUT2D eigenvalue weighted by atomic mass is 9.78. The van der Waals surface area contributed by atoms with E-state index < -0.39 is 0 Å². The molecule has 0 unspecified atom stereocenters. The second-order valence-electron chi connectivity index (χ2n) is 15.1. The molecule has 1 aromatic heterocycles. The molecule has 1 aromatic rings. The van der Waals surface area contributed by atoms with Gasteiger partial charge in [-0.3, -0.25) is 9.68 Å². The van der Waals surface area contributed by atoms with E-state index in [0.717, 1.165) is 64.5 Å². The van der Waals surface area contributed by atoms with Crippen LogP contribution in [0.5, 0.6) is 0 Å². The van der Waals surface area contributed by atoms with Gasteiger partial charge >= 0.3 is 0 Å². The Balaban J connectivity index is 2.03. The Kier molecular flexibility index (Phi) is 12.2. The maximum atomic E-state index is 6.77. The van der Waals surface area contributed by atoms with Crippen LogP contribution >= 0.6 is 11.6 Å². The summed E-state index contributed by atoms with van der Waals surface area (Å²) in [6.07, 6.45) is 8.07. The van der Waals surface area contributed by atoms with E-state index in [1.54, 1.807) is 0 Å². The van der Waals surface area contributed by atoms with Crippen molar-refractivity contribution in [1.29, 1.82) is 0 Å². The summed E-state index contributed by atoms with van der Waals surface area (Å²) >= 11 is 6.77. The van der Waals surface area contributed by atoms with E-state index in [-0.39, 0.29) is 39.5 Å². The number of rotatable bonds is 14. The third kappa shape index (κ3) is 8.51. The number of nitrogens with zero attached hydrogens (tertiary/aromatic N) is 7. The Labute approximate surface area is 268 Å². The first-order valence-corrected chi connectivity index (χ1v) is 17.2. The minimum absolute atomic E-state index is 0.147. The Morgan fingerprint density at radius 3 is 1.23 bits per heavy atom. The molecule has 2 aliphatic rings. The highest BCUT2D eigenvalue weighted by molar-refractivity contribution is 6.28. The molecule has 2 saturated heterocycles. The fourth-order valence-corrected chi connectivity index (χ4v) is 8.11. The molecule has 2 aliphatic heterocycles. The third-order valence-corrected chi connectivity index (χ3v) is 9.31. The second kappa shape index (κ2) is 14.4. The van der Waals surface area contributed by atoms with Gasteiger partial charge in [0, 0.05) is 47.3 Å². The molecule has 0 aliphatic carbocycles. The maximum absolute atomic E-state index is 6.77. The average Bonchev–Trinajstić information content (AvgIpc) is 2.88. The monoisotopic (exact) mass is 623 g/mol. The summed E-state index contributed by atoms with van der Waals surface area (Å²) < 4.78 is 0. The van der Waals surface area contributed by atoms with Gasteiger partial charge in [-0.25, -0.2) is 0 Å². The third-order valence-electron chi connectivity index (χ3n) is 9.14. The van der Waals surface area contributed by atoms with Gasteiger partial charge in [-0.05, 0) is 119 Å². The SMILES string of the molecule is CCCCN(c1nc(Cl)nc(N(CCCC)C2CC(C)(C)N(OCC)C(C)(C)C2)n1)C1CC(C)(C)N(OCC)C(C)(C)C1. The maximum Gasteiger partial charge on any atom is 0.231 e. The first kappa shape index (κ1) is 36.2. The summed E-state index contributed by atoms with van der Waals surface area (Å²) in [6, 6.07) is 0.493. The lowest BCUT2D eigenvalue weighted by molar-refractivity contribution is -0.280. The summed E-state index contributed by atoms with van der Waals surface area (Å²) in [7, 11) is 0. The summed E-state index contributed by atoms with van der Waals surface area (Å²) in [5.74, 6) is 1.38. The van der Waals surface area contributed by atoms with Gasteiger partial charge in [0.2, 0.25) is 17.2 Å². The van der Waals surface area contributed by atoms with Crippen molar-refractivity contribution in [2.24, 2.45) is 0 Å². The second-order valence-corrected chi connectivity index (χ2v) is 15.4. The molecule has 9 nitrogen and oxygen atoms in total. The number of piperidine rings is 2. The van der Waals surface area contributed by atoms with E-state index in [0.29, 0.717) is 25.1 Å².